The summed E-state index contributed by atoms with van der Waals surface area (Å²) in [6.45, 7) is 1.71. The van der Waals surface area contributed by atoms with Crippen molar-refractivity contribution in [2.24, 2.45) is 0 Å². The van der Waals surface area contributed by atoms with Gasteiger partial charge in [0.05, 0.1) is 11.2 Å². The van der Waals surface area contributed by atoms with Crippen LogP contribution in [0.1, 0.15) is 26.9 Å². The number of hydrogen-bond acceptors (Lipinski definition) is 4. The maximum atomic E-state index is 13.1. The molecule has 0 amide bonds. The highest BCUT2D eigenvalue weighted by Gasteiger charge is 2.37. The van der Waals surface area contributed by atoms with Crippen LogP contribution in [0.25, 0.3) is 0 Å². The molecule has 0 saturated carbocycles. The molecule has 122 valence electrons. The topological polar surface area (TPSA) is 64.3 Å². The molecule has 0 aliphatic rings. The predicted molar refractivity (Wildman–Crippen MR) is 90.6 cm³/mol. The molecule has 3 rings (SSSR count). The summed E-state index contributed by atoms with van der Waals surface area (Å²) in [7, 11) is -3.90. The average molecular weight is 340 g/mol. The Labute approximate surface area is 140 Å². The van der Waals surface area contributed by atoms with Crippen LogP contribution in [0.5, 0.6) is 0 Å². The molecule has 4 nitrogen and oxygen atoms in total. The quantitative estimate of drug-likeness (QED) is 0.659. The summed E-state index contributed by atoms with van der Waals surface area (Å²) < 4.78 is 31.4. The molecule has 0 bridgehead atoms. The van der Waals surface area contributed by atoms with E-state index in [-0.39, 0.29) is 4.90 Å². The van der Waals surface area contributed by atoms with Crippen molar-refractivity contribution < 1.29 is 17.6 Å². The van der Waals surface area contributed by atoms with Gasteiger partial charge < -0.3 is 4.42 Å². The zero-order valence-corrected chi connectivity index (χ0v) is 13.9. The van der Waals surface area contributed by atoms with Crippen LogP contribution in [0.2, 0.25) is 0 Å². The van der Waals surface area contributed by atoms with Gasteiger partial charge in [0.2, 0.25) is 0 Å². The summed E-state index contributed by atoms with van der Waals surface area (Å²) in [6, 6.07) is 18.0. The number of ketones is 1. The minimum Gasteiger partial charge on any atom is -0.469 e. The fourth-order valence-electron chi connectivity index (χ4n) is 2.57. The summed E-state index contributed by atoms with van der Waals surface area (Å²) in [5.41, 5.74) is 0.686. The number of carbonyl (C=O) groups excluding carboxylic acids is 1. The van der Waals surface area contributed by atoms with Gasteiger partial charge >= 0.3 is 0 Å². The Morgan fingerprint density at radius 3 is 2.08 bits per heavy atom. The number of Topliss-reactive ketones (excluding diaryl/α,β-unsaturated/α-hetero) is 1. The molecule has 5 heteroatoms. The molecule has 0 N–H and O–H groups in total. The van der Waals surface area contributed by atoms with Crippen molar-refractivity contribution in [3.05, 3.63) is 89.9 Å². The Morgan fingerprint density at radius 1 is 0.958 bits per heavy atom. The molecule has 0 aliphatic carbocycles. The largest absolute Gasteiger partial charge is 0.469 e. The Bertz CT molecular complexity index is 941. The number of aryl methyl sites for hydroxylation is 1. The Balaban J connectivity index is 2.15. The summed E-state index contributed by atoms with van der Waals surface area (Å²) in [5, 5.41) is -1.33. The second kappa shape index (κ2) is 6.45. The van der Waals surface area contributed by atoms with Gasteiger partial charge in [0.25, 0.3) is 0 Å². The molecule has 0 radical (unpaired) electrons. The first-order valence-corrected chi connectivity index (χ1v) is 8.98. The van der Waals surface area contributed by atoms with Crippen LogP contribution in [0.4, 0.5) is 0 Å². The van der Waals surface area contributed by atoms with Gasteiger partial charge in [0, 0.05) is 11.1 Å². The Morgan fingerprint density at radius 2 is 1.54 bits per heavy atom. The highest BCUT2D eigenvalue weighted by molar-refractivity contribution is 7.92. The van der Waals surface area contributed by atoms with Crippen molar-refractivity contribution in [2.45, 2.75) is 17.1 Å². The molecule has 2 aromatic carbocycles. The number of carbonyl (C=O) groups is 1. The summed E-state index contributed by atoms with van der Waals surface area (Å²) in [4.78, 5) is 13.1. The van der Waals surface area contributed by atoms with E-state index in [1.54, 1.807) is 61.5 Å². The monoisotopic (exact) mass is 340 g/mol. The van der Waals surface area contributed by atoms with Crippen LogP contribution in [0.3, 0.4) is 0 Å². The summed E-state index contributed by atoms with van der Waals surface area (Å²) >= 11 is 0. The lowest BCUT2D eigenvalue weighted by Crippen LogP contribution is -2.22. The van der Waals surface area contributed by atoms with E-state index in [0.29, 0.717) is 16.9 Å². The van der Waals surface area contributed by atoms with Crippen molar-refractivity contribution in [1.82, 2.24) is 0 Å². The lowest BCUT2D eigenvalue weighted by molar-refractivity contribution is 0.0986. The fraction of sp³-hybridized carbons (Fsp3) is 0.105. The van der Waals surface area contributed by atoms with Gasteiger partial charge in [-0.1, -0.05) is 48.5 Å². The second-order valence-electron chi connectivity index (χ2n) is 5.46. The molecule has 0 fully saturated rings. The predicted octanol–water partition coefficient (Wildman–Crippen LogP) is 3.99. The van der Waals surface area contributed by atoms with E-state index >= 15 is 0 Å². The van der Waals surface area contributed by atoms with Crippen LogP contribution in [-0.2, 0) is 9.84 Å². The number of rotatable bonds is 5. The average Bonchev–Trinajstić information content (AvgIpc) is 3.02. The van der Waals surface area contributed by atoms with Gasteiger partial charge in [0.1, 0.15) is 5.76 Å². The molecule has 0 spiro atoms. The number of furan rings is 1. The summed E-state index contributed by atoms with van der Waals surface area (Å²) in [6.07, 6.45) is 1.33. The minimum absolute atomic E-state index is 0.109. The molecule has 1 unspecified atom stereocenters. The van der Waals surface area contributed by atoms with Crippen molar-refractivity contribution in [2.75, 3.05) is 0 Å². The highest BCUT2D eigenvalue weighted by atomic mass is 32.2. The van der Waals surface area contributed by atoms with Crippen molar-refractivity contribution >= 4 is 15.6 Å². The molecular weight excluding hydrogens is 324 g/mol. The van der Waals surface area contributed by atoms with E-state index in [0.717, 1.165) is 0 Å². The maximum absolute atomic E-state index is 13.1. The standard InChI is InChI=1S/C19H16O4S/c1-14-12-16(13-23-14)19(18(20)15-8-4-2-5-9-15)24(21,22)17-10-6-3-7-11-17/h2-13,19H,1H3. The Kier molecular flexibility index (Phi) is 4.36. The van der Waals surface area contributed by atoms with Gasteiger partial charge in [-0.15, -0.1) is 0 Å². The molecule has 0 aliphatic heterocycles. The van der Waals surface area contributed by atoms with Crippen molar-refractivity contribution in [3.63, 3.8) is 0 Å². The van der Waals surface area contributed by atoms with E-state index in [9.17, 15) is 13.2 Å². The van der Waals surface area contributed by atoms with Gasteiger partial charge in [-0.05, 0) is 25.1 Å². The van der Waals surface area contributed by atoms with E-state index in [2.05, 4.69) is 0 Å². The Hall–Kier alpha value is -2.66. The van der Waals surface area contributed by atoms with Crippen LogP contribution >= 0.6 is 0 Å². The normalized spacial score (nSPS) is 12.7. The molecule has 1 heterocycles. The van der Waals surface area contributed by atoms with Crippen LogP contribution in [-0.4, -0.2) is 14.2 Å². The maximum Gasteiger partial charge on any atom is 0.193 e. The first kappa shape index (κ1) is 16.2. The van der Waals surface area contributed by atoms with E-state index < -0.39 is 20.9 Å². The zero-order valence-electron chi connectivity index (χ0n) is 13.0. The third kappa shape index (κ3) is 3.03. The van der Waals surface area contributed by atoms with E-state index in [1.807, 2.05) is 0 Å². The third-order valence-corrected chi connectivity index (χ3v) is 5.77. The van der Waals surface area contributed by atoms with Crippen LogP contribution in [0, 0.1) is 6.92 Å². The van der Waals surface area contributed by atoms with Crippen molar-refractivity contribution in [1.29, 1.82) is 0 Å². The molecule has 0 saturated heterocycles. The number of benzene rings is 2. The minimum atomic E-state index is -3.90. The van der Waals surface area contributed by atoms with Crippen LogP contribution < -0.4 is 0 Å². The molecule has 3 aromatic rings. The van der Waals surface area contributed by atoms with Gasteiger partial charge in [-0.3, -0.25) is 4.79 Å². The smallest absolute Gasteiger partial charge is 0.193 e. The lowest BCUT2D eigenvalue weighted by Gasteiger charge is -2.15. The SMILES string of the molecule is Cc1cc(C(C(=O)c2ccccc2)S(=O)(=O)c2ccccc2)co1. The summed E-state index contributed by atoms with van der Waals surface area (Å²) in [5.74, 6) is 0.0828. The van der Waals surface area contributed by atoms with Crippen molar-refractivity contribution in [3.8, 4) is 0 Å². The van der Waals surface area contributed by atoms with Gasteiger partial charge in [0.15, 0.2) is 20.9 Å². The fourth-order valence-corrected chi connectivity index (χ4v) is 4.28. The first-order valence-electron chi connectivity index (χ1n) is 7.43. The molecule has 1 atom stereocenters. The third-order valence-electron chi connectivity index (χ3n) is 3.73. The van der Waals surface area contributed by atoms with E-state index in [1.165, 1.54) is 18.4 Å². The number of hydrogen-bond donors (Lipinski definition) is 0. The molecular formula is C19H16O4S. The van der Waals surface area contributed by atoms with E-state index in [4.69, 9.17) is 4.42 Å². The van der Waals surface area contributed by atoms with Gasteiger partial charge in [-0.2, -0.15) is 0 Å². The zero-order chi connectivity index (χ0) is 17.2. The molecule has 24 heavy (non-hydrogen) atoms. The lowest BCUT2D eigenvalue weighted by atomic mass is 10.0. The highest BCUT2D eigenvalue weighted by Crippen LogP contribution is 2.33. The first-order chi connectivity index (χ1) is 11.5. The second-order valence-corrected chi connectivity index (χ2v) is 7.49. The number of sulfone groups is 1. The van der Waals surface area contributed by atoms with Gasteiger partial charge in [-0.25, -0.2) is 8.42 Å². The van der Waals surface area contributed by atoms with Crippen LogP contribution in [0.15, 0.2) is 82.3 Å². The molecule has 1 aromatic heterocycles.